The molecule has 11 nitrogen and oxygen atoms in total. The molecule has 0 amide bonds. The molecule has 4 aromatic rings. The van der Waals surface area contributed by atoms with E-state index in [1.165, 1.54) is 28.6 Å². The minimum Gasteiger partial charge on any atom is -0.489 e. The smallest absolute Gasteiger partial charge is 0.323 e. The largest absolute Gasteiger partial charge is 0.489 e. The van der Waals surface area contributed by atoms with E-state index in [-0.39, 0.29) is 31.5 Å². The molecule has 0 bridgehead atoms. The maximum atomic E-state index is 13.2. The SMILES string of the molecule is O=c1[nH]c2cccc(OC[C@@H](O)CNCC3CCN(S(=O)(=O)c4ccc(S(=O)(=O)c5ccccc5)s4)CC3)c2[nH]1. The van der Waals surface area contributed by atoms with Gasteiger partial charge in [-0.15, -0.1) is 11.3 Å². The Kier molecular flexibility index (Phi) is 8.44. The molecule has 0 saturated carbocycles. The average Bonchev–Trinajstić information content (AvgIpc) is 3.60. The Morgan fingerprint density at radius 3 is 2.45 bits per heavy atom. The quantitative estimate of drug-likeness (QED) is 0.202. The molecule has 2 aromatic carbocycles. The third-order valence-electron chi connectivity index (χ3n) is 6.80. The van der Waals surface area contributed by atoms with E-state index in [4.69, 9.17) is 4.74 Å². The van der Waals surface area contributed by atoms with Gasteiger partial charge in [-0.25, -0.2) is 21.6 Å². The van der Waals surface area contributed by atoms with Crippen LogP contribution in [0.5, 0.6) is 5.75 Å². The van der Waals surface area contributed by atoms with Crippen molar-refractivity contribution in [3.05, 3.63) is 71.1 Å². The van der Waals surface area contributed by atoms with Crippen molar-refractivity contribution in [2.45, 2.75) is 32.3 Å². The lowest BCUT2D eigenvalue weighted by Crippen LogP contribution is -2.41. The Morgan fingerprint density at radius 1 is 0.975 bits per heavy atom. The van der Waals surface area contributed by atoms with Crippen LogP contribution >= 0.6 is 11.3 Å². The molecular weight excluding hydrogens is 577 g/mol. The van der Waals surface area contributed by atoms with E-state index in [1.54, 1.807) is 36.4 Å². The lowest BCUT2D eigenvalue weighted by molar-refractivity contribution is 0.105. The Morgan fingerprint density at radius 2 is 1.70 bits per heavy atom. The summed E-state index contributed by atoms with van der Waals surface area (Å²) in [5.41, 5.74) is 0.842. The number of imidazole rings is 1. The van der Waals surface area contributed by atoms with E-state index < -0.39 is 26.0 Å². The van der Waals surface area contributed by atoms with Crippen LogP contribution < -0.4 is 15.7 Å². The molecule has 4 N–H and O–H groups in total. The third kappa shape index (κ3) is 6.16. The number of H-pyrrole nitrogens is 2. The number of nitrogens with one attached hydrogen (secondary N) is 3. The Balaban J connectivity index is 1.08. The van der Waals surface area contributed by atoms with E-state index in [0.29, 0.717) is 55.8 Å². The Hall–Kier alpha value is -3.01. The number of ether oxygens (including phenoxy) is 1. The molecule has 1 atom stereocenters. The highest BCUT2D eigenvalue weighted by Gasteiger charge is 2.32. The third-order valence-corrected chi connectivity index (χ3v) is 12.5. The van der Waals surface area contributed by atoms with Crippen molar-refractivity contribution in [1.29, 1.82) is 0 Å². The number of hydrogen-bond donors (Lipinski definition) is 4. The molecule has 14 heteroatoms. The van der Waals surface area contributed by atoms with Crippen molar-refractivity contribution >= 4 is 42.2 Å². The van der Waals surface area contributed by atoms with Crippen molar-refractivity contribution in [3.63, 3.8) is 0 Å². The number of aliphatic hydroxyl groups is 1. The molecule has 1 saturated heterocycles. The summed E-state index contributed by atoms with van der Waals surface area (Å²) in [7, 11) is -7.58. The van der Waals surface area contributed by atoms with E-state index in [9.17, 15) is 26.7 Å². The van der Waals surface area contributed by atoms with Crippen LogP contribution in [-0.2, 0) is 19.9 Å². The van der Waals surface area contributed by atoms with Crippen LogP contribution in [0.4, 0.5) is 0 Å². The van der Waals surface area contributed by atoms with Crippen LogP contribution in [0.1, 0.15) is 12.8 Å². The second-order valence-corrected chi connectivity index (χ2v) is 15.0. The Labute approximate surface area is 235 Å². The molecule has 0 spiro atoms. The fraction of sp³-hybridized carbons (Fsp3) is 0.346. The number of nitrogens with zero attached hydrogens (tertiary/aromatic N) is 1. The molecule has 3 heterocycles. The minimum absolute atomic E-state index is 0.00281. The van der Waals surface area contributed by atoms with Gasteiger partial charge in [0.1, 0.15) is 32.4 Å². The van der Waals surface area contributed by atoms with Crippen molar-refractivity contribution in [2.75, 3.05) is 32.8 Å². The summed E-state index contributed by atoms with van der Waals surface area (Å²) < 4.78 is 59.2. The first kappa shape index (κ1) is 28.5. The standard InChI is InChI=1S/C26H30N4O7S3/c31-19(17-37-22-8-4-7-21-25(22)29-26(32)28-21)16-27-15-18-11-13-30(14-12-18)40(35,36)24-10-9-23(38-24)39(33,34)20-5-2-1-3-6-20/h1-10,18-19,27,31H,11-17H2,(H2,28,29,32)/t19-/m0/s1. The van der Waals surface area contributed by atoms with Crippen LogP contribution in [0.25, 0.3) is 11.0 Å². The molecule has 214 valence electrons. The van der Waals surface area contributed by atoms with Gasteiger partial charge in [-0.05, 0) is 61.7 Å². The summed E-state index contributed by atoms with van der Waals surface area (Å²) in [6, 6.07) is 15.9. The number of para-hydroxylation sites is 1. The molecule has 40 heavy (non-hydrogen) atoms. The van der Waals surface area contributed by atoms with Gasteiger partial charge < -0.3 is 25.1 Å². The van der Waals surface area contributed by atoms with Gasteiger partial charge in [0.2, 0.25) is 9.84 Å². The lowest BCUT2D eigenvalue weighted by Gasteiger charge is -2.31. The monoisotopic (exact) mass is 606 g/mol. The number of sulfonamides is 1. The zero-order valence-corrected chi connectivity index (χ0v) is 23.9. The van der Waals surface area contributed by atoms with Gasteiger partial charge in [0, 0.05) is 19.6 Å². The van der Waals surface area contributed by atoms with Gasteiger partial charge in [-0.1, -0.05) is 24.3 Å². The molecule has 1 aliphatic rings. The predicted octanol–water partition coefficient (Wildman–Crippen LogP) is 2.18. The highest BCUT2D eigenvalue weighted by Crippen LogP contribution is 2.33. The van der Waals surface area contributed by atoms with E-state index in [1.807, 2.05) is 0 Å². The summed E-state index contributed by atoms with van der Waals surface area (Å²) in [5, 5.41) is 13.6. The molecule has 1 aliphatic heterocycles. The predicted molar refractivity (Wildman–Crippen MR) is 151 cm³/mol. The molecule has 2 aromatic heterocycles. The molecule has 0 aliphatic carbocycles. The molecule has 5 rings (SSSR count). The van der Waals surface area contributed by atoms with Gasteiger partial charge in [0.05, 0.1) is 10.4 Å². The van der Waals surface area contributed by atoms with Crippen LogP contribution in [0.15, 0.2) is 78.8 Å². The second kappa shape index (κ2) is 11.8. The number of piperidine rings is 1. The normalized spacial score (nSPS) is 16.3. The lowest BCUT2D eigenvalue weighted by atomic mass is 9.98. The van der Waals surface area contributed by atoms with E-state index in [2.05, 4.69) is 15.3 Å². The highest BCUT2D eigenvalue weighted by molar-refractivity contribution is 7.95. The van der Waals surface area contributed by atoms with Crippen LogP contribution in [-0.4, -0.2) is 75.1 Å². The van der Waals surface area contributed by atoms with Crippen molar-refractivity contribution in [2.24, 2.45) is 5.92 Å². The van der Waals surface area contributed by atoms with Gasteiger partial charge in [-0.2, -0.15) is 4.31 Å². The first-order valence-corrected chi connectivity index (χ1v) is 16.5. The van der Waals surface area contributed by atoms with Crippen molar-refractivity contribution < 1.29 is 26.7 Å². The Bertz CT molecular complexity index is 1720. The molecule has 0 radical (unpaired) electrons. The van der Waals surface area contributed by atoms with Gasteiger partial charge in [-0.3, -0.25) is 0 Å². The molecule has 1 fully saturated rings. The fourth-order valence-electron chi connectivity index (χ4n) is 4.63. The number of fused-ring (bicyclic) bond motifs is 1. The highest BCUT2D eigenvalue weighted by atomic mass is 32.3. The number of aliphatic hydroxyl groups excluding tert-OH is 1. The first-order chi connectivity index (χ1) is 19.1. The number of aromatic nitrogens is 2. The maximum absolute atomic E-state index is 13.2. The van der Waals surface area contributed by atoms with Gasteiger partial charge in [0.25, 0.3) is 10.0 Å². The summed E-state index contributed by atoms with van der Waals surface area (Å²) in [6.45, 7) is 1.62. The number of benzene rings is 2. The molecule has 0 unspecified atom stereocenters. The zero-order valence-electron chi connectivity index (χ0n) is 21.4. The molecular formula is C26H30N4O7S3. The second-order valence-electron chi connectivity index (χ2n) is 9.62. The van der Waals surface area contributed by atoms with E-state index >= 15 is 0 Å². The summed E-state index contributed by atoms with van der Waals surface area (Å²) in [4.78, 5) is 17.0. The summed E-state index contributed by atoms with van der Waals surface area (Å²) in [6.07, 6.45) is 0.506. The van der Waals surface area contributed by atoms with E-state index in [0.717, 1.165) is 11.3 Å². The maximum Gasteiger partial charge on any atom is 0.323 e. The zero-order chi connectivity index (χ0) is 28.3. The van der Waals surface area contributed by atoms with Gasteiger partial charge in [0.15, 0.2) is 0 Å². The van der Waals surface area contributed by atoms with Crippen LogP contribution in [0.3, 0.4) is 0 Å². The topological polar surface area (TPSA) is 162 Å². The minimum atomic E-state index is -3.80. The van der Waals surface area contributed by atoms with Crippen LogP contribution in [0, 0.1) is 5.92 Å². The fourth-order valence-corrected chi connectivity index (χ4v) is 9.45. The van der Waals surface area contributed by atoms with Gasteiger partial charge >= 0.3 is 5.69 Å². The number of hydrogen-bond acceptors (Lipinski definition) is 9. The van der Waals surface area contributed by atoms with Crippen molar-refractivity contribution in [3.8, 4) is 5.75 Å². The number of sulfone groups is 1. The number of thiophene rings is 1. The first-order valence-electron chi connectivity index (χ1n) is 12.8. The summed E-state index contributed by atoms with van der Waals surface area (Å²) in [5.74, 6) is 0.703. The van der Waals surface area contributed by atoms with Crippen LogP contribution in [0.2, 0.25) is 0 Å². The summed E-state index contributed by atoms with van der Waals surface area (Å²) >= 11 is 0.769. The van der Waals surface area contributed by atoms with Crippen molar-refractivity contribution in [1.82, 2.24) is 19.6 Å². The number of rotatable bonds is 11. The number of aromatic amines is 2. The average molecular weight is 607 g/mol.